The quantitative estimate of drug-likeness (QED) is 0.651. The first-order valence-electron chi connectivity index (χ1n) is 6.23. The van der Waals surface area contributed by atoms with E-state index in [9.17, 15) is 8.78 Å². The van der Waals surface area contributed by atoms with Gasteiger partial charge in [-0.05, 0) is 12.5 Å². The number of hydrogen-bond donors (Lipinski definition) is 3. The number of nitrogens with two attached hydrogens (primary N) is 1. The normalized spacial score (nSPS) is 12.9. The van der Waals surface area contributed by atoms with Gasteiger partial charge < -0.3 is 15.9 Å². The number of aliphatic hydroxyl groups is 2. The van der Waals surface area contributed by atoms with Crippen LogP contribution in [-0.4, -0.2) is 48.0 Å². The van der Waals surface area contributed by atoms with Crippen LogP contribution in [-0.2, 0) is 0 Å². The molecule has 1 rings (SSSR count). The summed E-state index contributed by atoms with van der Waals surface area (Å²) in [5.74, 6) is -1.82. The third-order valence-electron chi connectivity index (χ3n) is 2.97. The lowest BCUT2D eigenvalue weighted by Crippen LogP contribution is -2.32. The Morgan fingerprint density at radius 1 is 1.11 bits per heavy atom. The van der Waals surface area contributed by atoms with Crippen molar-refractivity contribution in [1.82, 2.24) is 4.90 Å². The molecule has 0 aliphatic heterocycles. The minimum Gasteiger partial charge on any atom is -0.395 e. The molecule has 0 aromatic heterocycles. The van der Waals surface area contributed by atoms with Crippen molar-refractivity contribution in [1.29, 1.82) is 0 Å². The first-order valence-corrected chi connectivity index (χ1v) is 6.23. The number of rotatable bonds is 8. The van der Waals surface area contributed by atoms with Gasteiger partial charge in [-0.1, -0.05) is 12.1 Å². The van der Waals surface area contributed by atoms with Crippen molar-refractivity contribution < 1.29 is 19.0 Å². The highest BCUT2D eigenvalue weighted by molar-refractivity contribution is 5.22. The summed E-state index contributed by atoms with van der Waals surface area (Å²) in [7, 11) is 0. The second kappa shape index (κ2) is 8.16. The van der Waals surface area contributed by atoms with E-state index in [2.05, 4.69) is 0 Å². The molecule has 0 aliphatic carbocycles. The monoisotopic (exact) mass is 274 g/mol. The Bertz CT molecular complexity index is 385. The van der Waals surface area contributed by atoms with Gasteiger partial charge in [-0.25, -0.2) is 8.78 Å². The van der Waals surface area contributed by atoms with Gasteiger partial charge in [0.25, 0.3) is 0 Å². The maximum Gasteiger partial charge on any atom is 0.163 e. The van der Waals surface area contributed by atoms with E-state index in [1.807, 2.05) is 4.90 Å². The molecule has 4 N–H and O–H groups in total. The third kappa shape index (κ3) is 4.83. The summed E-state index contributed by atoms with van der Waals surface area (Å²) in [4.78, 5) is 1.82. The minimum absolute atomic E-state index is 0.0242. The molecule has 0 saturated carbocycles. The maximum atomic E-state index is 13.5. The van der Waals surface area contributed by atoms with Crippen LogP contribution in [0.2, 0.25) is 0 Å². The zero-order chi connectivity index (χ0) is 14.3. The van der Waals surface area contributed by atoms with E-state index >= 15 is 0 Å². The molecule has 4 nitrogen and oxygen atoms in total. The molecule has 0 amide bonds. The predicted molar refractivity (Wildman–Crippen MR) is 68.5 cm³/mol. The predicted octanol–water partition coefficient (Wildman–Crippen LogP) is 0.641. The molecule has 0 spiro atoms. The molecule has 108 valence electrons. The van der Waals surface area contributed by atoms with E-state index in [1.165, 1.54) is 12.1 Å². The van der Waals surface area contributed by atoms with Crippen LogP contribution in [0.15, 0.2) is 18.2 Å². The highest BCUT2D eigenvalue weighted by Crippen LogP contribution is 2.20. The van der Waals surface area contributed by atoms with Gasteiger partial charge in [0.2, 0.25) is 0 Å². The summed E-state index contributed by atoms with van der Waals surface area (Å²) in [6, 6.07) is 3.32. The van der Waals surface area contributed by atoms with Gasteiger partial charge >= 0.3 is 0 Å². The molecule has 6 heteroatoms. The van der Waals surface area contributed by atoms with Crippen LogP contribution in [0.5, 0.6) is 0 Å². The second-order valence-electron chi connectivity index (χ2n) is 4.33. The van der Waals surface area contributed by atoms with Crippen LogP contribution in [0, 0.1) is 11.6 Å². The van der Waals surface area contributed by atoms with Crippen LogP contribution in [0.1, 0.15) is 18.0 Å². The smallest absolute Gasteiger partial charge is 0.163 e. The van der Waals surface area contributed by atoms with Crippen LogP contribution < -0.4 is 5.73 Å². The average molecular weight is 274 g/mol. The van der Waals surface area contributed by atoms with E-state index in [4.69, 9.17) is 15.9 Å². The van der Waals surface area contributed by atoms with Crippen molar-refractivity contribution in [3.63, 3.8) is 0 Å². The topological polar surface area (TPSA) is 69.7 Å². The molecule has 1 aromatic carbocycles. The third-order valence-corrected chi connectivity index (χ3v) is 2.97. The highest BCUT2D eigenvalue weighted by atomic mass is 19.2. The van der Waals surface area contributed by atoms with Crippen molar-refractivity contribution in [2.75, 3.05) is 32.8 Å². The van der Waals surface area contributed by atoms with Gasteiger partial charge in [0, 0.05) is 31.2 Å². The lowest BCUT2D eigenvalue weighted by molar-refractivity contribution is 0.157. The fourth-order valence-corrected chi connectivity index (χ4v) is 1.90. The van der Waals surface area contributed by atoms with E-state index in [0.717, 1.165) is 6.07 Å². The van der Waals surface area contributed by atoms with E-state index in [1.54, 1.807) is 0 Å². The molecule has 0 radical (unpaired) electrons. The van der Waals surface area contributed by atoms with Crippen LogP contribution in [0.25, 0.3) is 0 Å². The fraction of sp³-hybridized carbons (Fsp3) is 0.538. The second-order valence-corrected chi connectivity index (χ2v) is 4.33. The zero-order valence-corrected chi connectivity index (χ0v) is 10.7. The Morgan fingerprint density at radius 3 is 2.32 bits per heavy atom. The first-order chi connectivity index (χ1) is 9.10. The number of aliphatic hydroxyl groups excluding tert-OH is 2. The van der Waals surface area contributed by atoms with E-state index in [-0.39, 0.29) is 18.8 Å². The van der Waals surface area contributed by atoms with Gasteiger partial charge in [0.15, 0.2) is 11.6 Å². The molecule has 0 saturated heterocycles. The fourth-order valence-electron chi connectivity index (χ4n) is 1.90. The molecule has 0 heterocycles. The van der Waals surface area contributed by atoms with Gasteiger partial charge in [-0.2, -0.15) is 0 Å². The standard InChI is InChI=1S/C13H20F2N2O2/c14-11-3-1-2-10(13(11)15)12(16)4-5-17(6-8-18)7-9-19/h1-3,12,18-19H,4-9,16H2. The molecule has 19 heavy (non-hydrogen) atoms. The Hall–Kier alpha value is -1.08. The molecule has 1 atom stereocenters. The Morgan fingerprint density at radius 2 is 1.74 bits per heavy atom. The number of halogens is 2. The zero-order valence-electron chi connectivity index (χ0n) is 10.7. The van der Waals surface area contributed by atoms with Gasteiger partial charge in [0.1, 0.15) is 0 Å². The lowest BCUT2D eigenvalue weighted by atomic mass is 10.0. The van der Waals surface area contributed by atoms with Gasteiger partial charge in [0.05, 0.1) is 13.2 Å². The van der Waals surface area contributed by atoms with E-state index < -0.39 is 17.7 Å². The largest absolute Gasteiger partial charge is 0.395 e. The SMILES string of the molecule is NC(CCN(CCO)CCO)c1cccc(F)c1F. The summed E-state index contributed by atoms with van der Waals surface area (Å²) in [5, 5.41) is 17.7. The molecular formula is C13H20F2N2O2. The van der Waals surface area contributed by atoms with Gasteiger partial charge in [-0.15, -0.1) is 0 Å². The Labute approximate surface area is 111 Å². The highest BCUT2D eigenvalue weighted by Gasteiger charge is 2.15. The number of benzene rings is 1. The van der Waals surface area contributed by atoms with Crippen molar-refractivity contribution in [3.8, 4) is 0 Å². The summed E-state index contributed by atoms with van der Waals surface area (Å²) >= 11 is 0. The van der Waals surface area contributed by atoms with Crippen LogP contribution in [0.3, 0.4) is 0 Å². The molecule has 0 fully saturated rings. The minimum atomic E-state index is -0.911. The maximum absolute atomic E-state index is 13.5. The molecular weight excluding hydrogens is 254 g/mol. The summed E-state index contributed by atoms with van der Waals surface area (Å²) < 4.78 is 26.6. The van der Waals surface area contributed by atoms with Crippen molar-refractivity contribution in [3.05, 3.63) is 35.4 Å². The van der Waals surface area contributed by atoms with Crippen LogP contribution in [0.4, 0.5) is 8.78 Å². The van der Waals surface area contributed by atoms with Gasteiger partial charge in [-0.3, -0.25) is 4.90 Å². The molecule has 1 aromatic rings. The first kappa shape index (κ1) is 16.0. The van der Waals surface area contributed by atoms with E-state index in [0.29, 0.717) is 26.1 Å². The van der Waals surface area contributed by atoms with Crippen molar-refractivity contribution in [2.24, 2.45) is 5.73 Å². The molecule has 0 bridgehead atoms. The summed E-state index contributed by atoms with van der Waals surface area (Å²) in [5.41, 5.74) is 5.99. The molecule has 1 unspecified atom stereocenters. The van der Waals surface area contributed by atoms with Crippen molar-refractivity contribution in [2.45, 2.75) is 12.5 Å². The Kier molecular flexibility index (Phi) is 6.86. The van der Waals surface area contributed by atoms with Crippen molar-refractivity contribution >= 4 is 0 Å². The Balaban J connectivity index is 2.58. The van der Waals surface area contributed by atoms with Crippen LogP contribution >= 0.6 is 0 Å². The summed E-state index contributed by atoms with van der Waals surface area (Å²) in [6.07, 6.45) is 0.417. The lowest BCUT2D eigenvalue weighted by Gasteiger charge is -2.22. The average Bonchev–Trinajstić information content (AvgIpc) is 2.39. The number of hydrogen-bond acceptors (Lipinski definition) is 4. The number of nitrogens with zero attached hydrogens (tertiary/aromatic N) is 1. The summed E-state index contributed by atoms with van der Waals surface area (Å²) in [6.45, 7) is 1.28. The molecule has 0 aliphatic rings.